The molecule has 102 valence electrons. The van der Waals surface area contributed by atoms with Crippen LogP contribution < -0.4 is 9.46 Å². The van der Waals surface area contributed by atoms with Gasteiger partial charge in [0, 0.05) is 6.07 Å². The maximum Gasteiger partial charge on any atom is 0.271 e. The Balaban J connectivity index is 2.23. The van der Waals surface area contributed by atoms with Crippen LogP contribution in [0.1, 0.15) is 6.92 Å². The highest BCUT2D eigenvalue weighted by Crippen LogP contribution is 2.28. The van der Waals surface area contributed by atoms with Gasteiger partial charge in [-0.3, -0.25) is 4.72 Å². The highest BCUT2D eigenvalue weighted by atomic mass is 35.5. The van der Waals surface area contributed by atoms with Crippen LogP contribution in [0, 0.1) is 0 Å². The lowest BCUT2D eigenvalue weighted by atomic mass is 10.3. The first-order valence-electron chi connectivity index (χ1n) is 5.52. The molecule has 4 nitrogen and oxygen atoms in total. The van der Waals surface area contributed by atoms with Gasteiger partial charge in [-0.25, -0.2) is 8.42 Å². The molecular weight excluding hydrogens is 306 g/mol. The molecule has 0 fully saturated rings. The number of benzene rings is 1. The largest absolute Gasteiger partial charge is 0.494 e. The number of anilines is 1. The van der Waals surface area contributed by atoms with Gasteiger partial charge in [0.15, 0.2) is 0 Å². The number of ether oxygens (including phenoxy) is 1. The first-order chi connectivity index (χ1) is 9.01. The molecule has 1 aromatic carbocycles. The van der Waals surface area contributed by atoms with E-state index < -0.39 is 10.0 Å². The third-order valence-electron chi connectivity index (χ3n) is 2.21. The lowest BCUT2D eigenvalue weighted by Gasteiger charge is -2.08. The Labute approximate surface area is 121 Å². The molecule has 1 N–H and O–H groups in total. The predicted octanol–water partition coefficient (Wildman–Crippen LogP) is 3.60. The van der Waals surface area contributed by atoms with Crippen molar-refractivity contribution in [1.82, 2.24) is 0 Å². The first kappa shape index (κ1) is 14.2. The van der Waals surface area contributed by atoms with Crippen molar-refractivity contribution >= 4 is 38.6 Å². The summed E-state index contributed by atoms with van der Waals surface area (Å²) in [5, 5.41) is 0. The zero-order valence-electron chi connectivity index (χ0n) is 10.1. The summed E-state index contributed by atoms with van der Waals surface area (Å²) in [7, 11) is -3.60. The third-order valence-corrected chi connectivity index (χ3v) is 5.31. The zero-order chi connectivity index (χ0) is 13.9. The molecule has 0 saturated heterocycles. The van der Waals surface area contributed by atoms with Gasteiger partial charge in [-0.1, -0.05) is 17.7 Å². The van der Waals surface area contributed by atoms with Crippen LogP contribution in [0.15, 0.2) is 40.6 Å². The quantitative estimate of drug-likeness (QED) is 0.916. The summed E-state index contributed by atoms with van der Waals surface area (Å²) in [6.45, 7) is 2.39. The normalized spacial score (nSPS) is 11.3. The molecule has 0 spiro atoms. The van der Waals surface area contributed by atoms with Crippen LogP contribution in [-0.2, 0) is 10.0 Å². The molecule has 7 heteroatoms. The topological polar surface area (TPSA) is 55.4 Å². The molecule has 0 saturated carbocycles. The molecular formula is C12H12ClNO3S2. The van der Waals surface area contributed by atoms with E-state index in [0.717, 1.165) is 11.3 Å². The lowest BCUT2D eigenvalue weighted by molar-refractivity contribution is 0.340. The lowest BCUT2D eigenvalue weighted by Crippen LogP contribution is -2.11. The maximum atomic E-state index is 12.1. The number of rotatable bonds is 5. The van der Waals surface area contributed by atoms with Crippen molar-refractivity contribution in [2.45, 2.75) is 11.1 Å². The van der Waals surface area contributed by atoms with Gasteiger partial charge in [0.2, 0.25) is 0 Å². The molecule has 0 atom stereocenters. The van der Waals surface area contributed by atoms with E-state index in [1.807, 2.05) is 6.92 Å². The minimum atomic E-state index is -3.60. The molecule has 2 rings (SSSR count). The Morgan fingerprint density at radius 2 is 2.11 bits per heavy atom. The van der Waals surface area contributed by atoms with Gasteiger partial charge >= 0.3 is 0 Å². The number of hydrogen-bond donors (Lipinski definition) is 1. The fraction of sp³-hybridized carbons (Fsp3) is 0.167. The first-order valence-corrected chi connectivity index (χ1v) is 8.20. The molecule has 0 aliphatic carbocycles. The Kier molecular flexibility index (Phi) is 4.34. The zero-order valence-corrected chi connectivity index (χ0v) is 12.5. The summed E-state index contributed by atoms with van der Waals surface area (Å²) >= 11 is 6.75. The van der Waals surface area contributed by atoms with Crippen molar-refractivity contribution < 1.29 is 13.2 Å². The molecule has 2 aromatic rings. The van der Waals surface area contributed by atoms with E-state index >= 15 is 0 Å². The van der Waals surface area contributed by atoms with Crippen LogP contribution in [0.25, 0.3) is 0 Å². The fourth-order valence-electron chi connectivity index (χ4n) is 1.46. The summed E-state index contributed by atoms with van der Waals surface area (Å²) < 4.78 is 32.6. The molecule has 1 heterocycles. The molecule has 0 aliphatic rings. The van der Waals surface area contributed by atoms with E-state index in [4.69, 9.17) is 16.3 Å². The van der Waals surface area contributed by atoms with Gasteiger partial charge in [-0.2, -0.15) is 0 Å². The number of hydrogen-bond acceptors (Lipinski definition) is 4. The third kappa shape index (κ3) is 3.62. The van der Waals surface area contributed by atoms with Crippen molar-refractivity contribution in [3.8, 4) is 5.75 Å². The minimum absolute atomic E-state index is 0.180. The molecule has 1 aromatic heterocycles. The van der Waals surface area contributed by atoms with Crippen molar-refractivity contribution in [2.24, 2.45) is 0 Å². The van der Waals surface area contributed by atoms with Gasteiger partial charge in [-0.15, -0.1) is 11.3 Å². The molecule has 0 amide bonds. The standard InChI is InChI=1S/C12H12ClNO3S2/c1-2-17-10-5-3-4-9(8-10)14-19(15,16)12-7-6-11(13)18-12/h3-8,14H,2H2,1H3. The molecule has 0 aliphatic heterocycles. The minimum Gasteiger partial charge on any atom is -0.494 e. The van der Waals surface area contributed by atoms with E-state index in [-0.39, 0.29) is 4.21 Å². The highest BCUT2D eigenvalue weighted by Gasteiger charge is 2.16. The Hall–Kier alpha value is -1.24. The van der Waals surface area contributed by atoms with E-state index in [2.05, 4.69) is 4.72 Å². The number of halogens is 1. The van der Waals surface area contributed by atoms with Crippen LogP contribution in [0.2, 0.25) is 4.34 Å². The van der Waals surface area contributed by atoms with Gasteiger partial charge in [-0.05, 0) is 31.2 Å². The van der Waals surface area contributed by atoms with Gasteiger partial charge in [0.05, 0.1) is 16.6 Å². The van der Waals surface area contributed by atoms with Crippen LogP contribution in [0.4, 0.5) is 5.69 Å². The summed E-state index contributed by atoms with van der Waals surface area (Å²) in [5.41, 5.74) is 0.454. The molecule has 19 heavy (non-hydrogen) atoms. The maximum absolute atomic E-state index is 12.1. The smallest absolute Gasteiger partial charge is 0.271 e. The van der Waals surface area contributed by atoms with Crippen LogP contribution in [0.5, 0.6) is 5.75 Å². The number of thiophene rings is 1. The monoisotopic (exact) mass is 317 g/mol. The van der Waals surface area contributed by atoms with Crippen LogP contribution in [-0.4, -0.2) is 15.0 Å². The second kappa shape index (κ2) is 5.81. The molecule has 0 radical (unpaired) electrons. The summed E-state index contributed by atoms with van der Waals surface area (Å²) in [5.74, 6) is 0.618. The second-order valence-corrected chi connectivity index (χ2v) is 7.25. The Morgan fingerprint density at radius 1 is 1.32 bits per heavy atom. The van der Waals surface area contributed by atoms with Crippen molar-refractivity contribution in [1.29, 1.82) is 0 Å². The molecule has 0 bridgehead atoms. The second-order valence-electron chi connectivity index (χ2n) is 3.62. The van der Waals surface area contributed by atoms with Crippen molar-refractivity contribution in [3.05, 3.63) is 40.7 Å². The van der Waals surface area contributed by atoms with E-state index in [9.17, 15) is 8.42 Å². The number of sulfonamides is 1. The van der Waals surface area contributed by atoms with Crippen molar-refractivity contribution in [2.75, 3.05) is 11.3 Å². The molecule has 0 unspecified atom stereocenters. The highest BCUT2D eigenvalue weighted by molar-refractivity contribution is 7.94. The predicted molar refractivity (Wildman–Crippen MR) is 77.7 cm³/mol. The average molecular weight is 318 g/mol. The van der Waals surface area contributed by atoms with Gasteiger partial charge < -0.3 is 4.74 Å². The average Bonchev–Trinajstić information content (AvgIpc) is 2.77. The number of nitrogens with one attached hydrogen (secondary N) is 1. The summed E-state index contributed by atoms with van der Waals surface area (Å²) in [6.07, 6.45) is 0. The van der Waals surface area contributed by atoms with Crippen LogP contribution in [0.3, 0.4) is 0 Å². The van der Waals surface area contributed by atoms with E-state index in [1.165, 1.54) is 6.07 Å². The van der Waals surface area contributed by atoms with Gasteiger partial charge in [0.1, 0.15) is 9.96 Å². The fourth-order valence-corrected chi connectivity index (χ4v) is 4.00. The summed E-state index contributed by atoms with van der Waals surface area (Å²) in [6, 6.07) is 9.82. The summed E-state index contributed by atoms with van der Waals surface area (Å²) in [4.78, 5) is 0. The van der Waals surface area contributed by atoms with Crippen molar-refractivity contribution in [3.63, 3.8) is 0 Å². The Morgan fingerprint density at radius 3 is 2.74 bits per heavy atom. The van der Waals surface area contributed by atoms with E-state index in [1.54, 1.807) is 30.3 Å². The Bertz CT molecular complexity index is 667. The SMILES string of the molecule is CCOc1cccc(NS(=O)(=O)c2ccc(Cl)s2)c1. The van der Waals surface area contributed by atoms with E-state index in [0.29, 0.717) is 22.4 Å². The van der Waals surface area contributed by atoms with Gasteiger partial charge in [0.25, 0.3) is 10.0 Å². The van der Waals surface area contributed by atoms with Crippen LogP contribution >= 0.6 is 22.9 Å².